The molecular weight excluding hydrogens is 202 g/mol. The van der Waals surface area contributed by atoms with Gasteiger partial charge in [0.2, 0.25) is 5.91 Å². The highest BCUT2D eigenvalue weighted by molar-refractivity contribution is 5.81. The fourth-order valence-electron chi connectivity index (χ4n) is 1.80. The summed E-state index contributed by atoms with van der Waals surface area (Å²) >= 11 is 0. The molecule has 0 spiro atoms. The van der Waals surface area contributed by atoms with Gasteiger partial charge >= 0.3 is 0 Å². The second-order valence-electron chi connectivity index (χ2n) is 4.72. The van der Waals surface area contributed by atoms with Gasteiger partial charge in [-0.25, -0.2) is 0 Å². The first-order valence-electron chi connectivity index (χ1n) is 6.37. The Labute approximate surface area is 98.8 Å². The molecule has 0 aliphatic carbocycles. The molecule has 4 heteroatoms. The summed E-state index contributed by atoms with van der Waals surface area (Å²) < 4.78 is 0. The van der Waals surface area contributed by atoms with E-state index in [4.69, 9.17) is 0 Å². The third-order valence-electron chi connectivity index (χ3n) is 3.40. The van der Waals surface area contributed by atoms with Gasteiger partial charge in [-0.2, -0.15) is 0 Å². The van der Waals surface area contributed by atoms with Crippen LogP contribution in [0.15, 0.2) is 0 Å². The van der Waals surface area contributed by atoms with Crippen molar-refractivity contribution in [2.75, 3.05) is 32.7 Å². The van der Waals surface area contributed by atoms with Gasteiger partial charge in [0.1, 0.15) is 0 Å². The first-order valence-corrected chi connectivity index (χ1v) is 6.37. The second kappa shape index (κ2) is 6.86. The molecule has 0 aromatic rings. The molecule has 1 rings (SSSR count). The van der Waals surface area contributed by atoms with Crippen molar-refractivity contribution >= 4 is 5.91 Å². The molecule has 2 atom stereocenters. The number of rotatable bonds is 5. The van der Waals surface area contributed by atoms with Gasteiger partial charge in [-0.05, 0) is 12.8 Å². The molecule has 0 radical (unpaired) electrons. The van der Waals surface area contributed by atoms with E-state index < -0.39 is 0 Å². The molecule has 0 aromatic carbocycles. The molecule has 94 valence electrons. The minimum Gasteiger partial charge on any atom is -0.354 e. The monoisotopic (exact) mass is 227 g/mol. The Morgan fingerprint density at radius 3 is 2.56 bits per heavy atom. The van der Waals surface area contributed by atoms with Crippen LogP contribution in [0.3, 0.4) is 0 Å². The Bertz CT molecular complexity index is 214. The molecule has 2 unspecified atom stereocenters. The Hall–Kier alpha value is -0.610. The summed E-state index contributed by atoms with van der Waals surface area (Å²) in [5, 5.41) is 6.32. The highest BCUT2D eigenvalue weighted by atomic mass is 16.2. The molecule has 0 aromatic heterocycles. The summed E-state index contributed by atoms with van der Waals surface area (Å²) in [4.78, 5) is 14.1. The van der Waals surface area contributed by atoms with Gasteiger partial charge in [0.15, 0.2) is 0 Å². The Balaban J connectivity index is 2.29. The third kappa shape index (κ3) is 4.10. The Morgan fingerprint density at radius 2 is 2.00 bits per heavy atom. The maximum Gasteiger partial charge on any atom is 0.237 e. The fraction of sp³-hybridized carbons (Fsp3) is 0.917. The van der Waals surface area contributed by atoms with Crippen molar-refractivity contribution in [3.63, 3.8) is 0 Å². The molecular formula is C12H25N3O. The molecule has 1 saturated heterocycles. The molecule has 1 heterocycles. The molecule has 1 aliphatic rings. The average Bonchev–Trinajstić information content (AvgIpc) is 2.35. The maximum absolute atomic E-state index is 11.9. The predicted molar refractivity (Wildman–Crippen MR) is 66.4 cm³/mol. The van der Waals surface area contributed by atoms with Crippen LogP contribution in [0.1, 0.15) is 27.2 Å². The number of hydrogen-bond donors (Lipinski definition) is 2. The molecule has 0 bridgehead atoms. The zero-order valence-electron chi connectivity index (χ0n) is 10.8. The van der Waals surface area contributed by atoms with E-state index >= 15 is 0 Å². The second-order valence-corrected chi connectivity index (χ2v) is 4.72. The van der Waals surface area contributed by atoms with Crippen molar-refractivity contribution in [2.45, 2.75) is 33.2 Å². The lowest BCUT2D eigenvalue weighted by Crippen LogP contribution is -2.53. The van der Waals surface area contributed by atoms with Crippen molar-refractivity contribution in [1.29, 1.82) is 0 Å². The van der Waals surface area contributed by atoms with Crippen LogP contribution < -0.4 is 10.6 Å². The van der Waals surface area contributed by atoms with Crippen LogP contribution in [0.5, 0.6) is 0 Å². The van der Waals surface area contributed by atoms with Crippen LogP contribution >= 0.6 is 0 Å². The first kappa shape index (κ1) is 13.5. The zero-order valence-corrected chi connectivity index (χ0v) is 10.8. The number of nitrogens with zero attached hydrogens (tertiary/aromatic N) is 1. The number of hydrogen-bond acceptors (Lipinski definition) is 3. The number of nitrogens with one attached hydrogen (secondary N) is 2. The highest BCUT2D eigenvalue weighted by Crippen LogP contribution is 2.02. The van der Waals surface area contributed by atoms with E-state index in [2.05, 4.69) is 29.4 Å². The van der Waals surface area contributed by atoms with Gasteiger partial charge < -0.3 is 10.6 Å². The third-order valence-corrected chi connectivity index (χ3v) is 3.40. The lowest BCUT2D eigenvalue weighted by molar-refractivity contribution is -0.126. The molecule has 1 amide bonds. The number of carbonyl (C=O) groups excluding carboxylic acids is 1. The molecule has 1 fully saturated rings. The minimum atomic E-state index is 0.00570. The van der Waals surface area contributed by atoms with E-state index in [1.807, 2.05) is 6.92 Å². The Kier molecular flexibility index (Phi) is 5.77. The van der Waals surface area contributed by atoms with Crippen molar-refractivity contribution in [2.24, 2.45) is 5.92 Å². The van der Waals surface area contributed by atoms with Gasteiger partial charge in [0.25, 0.3) is 0 Å². The van der Waals surface area contributed by atoms with Crippen LogP contribution in [0.4, 0.5) is 0 Å². The quantitative estimate of drug-likeness (QED) is 0.716. The SMILES string of the molecule is CCC(C)CNC(=O)C(C)N1CCNCC1. The zero-order chi connectivity index (χ0) is 12.0. The number of amides is 1. The smallest absolute Gasteiger partial charge is 0.237 e. The number of carbonyl (C=O) groups is 1. The van der Waals surface area contributed by atoms with Gasteiger partial charge in [-0.3, -0.25) is 9.69 Å². The van der Waals surface area contributed by atoms with E-state index in [0.29, 0.717) is 5.92 Å². The van der Waals surface area contributed by atoms with Crippen LogP contribution in [0.2, 0.25) is 0 Å². The molecule has 4 nitrogen and oxygen atoms in total. The molecule has 16 heavy (non-hydrogen) atoms. The molecule has 1 aliphatic heterocycles. The van der Waals surface area contributed by atoms with Crippen molar-refractivity contribution < 1.29 is 4.79 Å². The lowest BCUT2D eigenvalue weighted by atomic mass is 10.1. The van der Waals surface area contributed by atoms with Crippen LogP contribution in [0, 0.1) is 5.92 Å². The van der Waals surface area contributed by atoms with Crippen LogP contribution in [-0.4, -0.2) is 49.6 Å². The predicted octanol–water partition coefficient (Wildman–Crippen LogP) is 0.442. The van der Waals surface area contributed by atoms with Crippen molar-refractivity contribution in [3.8, 4) is 0 Å². The minimum absolute atomic E-state index is 0.00570. The summed E-state index contributed by atoms with van der Waals surface area (Å²) in [6, 6.07) is 0.00570. The summed E-state index contributed by atoms with van der Waals surface area (Å²) in [7, 11) is 0. The first-order chi connectivity index (χ1) is 7.65. The summed E-state index contributed by atoms with van der Waals surface area (Å²) in [6.07, 6.45) is 1.11. The standard InChI is InChI=1S/C12H25N3O/c1-4-10(2)9-14-12(16)11(3)15-7-5-13-6-8-15/h10-11,13H,4-9H2,1-3H3,(H,14,16). The van der Waals surface area contributed by atoms with Crippen molar-refractivity contribution in [1.82, 2.24) is 15.5 Å². The molecule has 0 saturated carbocycles. The van der Waals surface area contributed by atoms with E-state index in [1.165, 1.54) is 0 Å². The summed E-state index contributed by atoms with van der Waals surface area (Å²) in [6.45, 7) is 11.0. The fourth-order valence-corrected chi connectivity index (χ4v) is 1.80. The maximum atomic E-state index is 11.9. The van der Waals surface area contributed by atoms with E-state index in [-0.39, 0.29) is 11.9 Å². The lowest BCUT2D eigenvalue weighted by Gasteiger charge is -2.32. The van der Waals surface area contributed by atoms with Crippen molar-refractivity contribution in [3.05, 3.63) is 0 Å². The van der Waals surface area contributed by atoms with Crippen LogP contribution in [0.25, 0.3) is 0 Å². The average molecular weight is 227 g/mol. The topological polar surface area (TPSA) is 44.4 Å². The number of piperazine rings is 1. The van der Waals surface area contributed by atoms with Gasteiger partial charge in [-0.15, -0.1) is 0 Å². The molecule has 2 N–H and O–H groups in total. The Morgan fingerprint density at radius 1 is 1.38 bits per heavy atom. The summed E-state index contributed by atoms with van der Waals surface area (Å²) in [5.41, 5.74) is 0. The van der Waals surface area contributed by atoms with Gasteiger partial charge in [0.05, 0.1) is 6.04 Å². The van der Waals surface area contributed by atoms with E-state index in [0.717, 1.165) is 39.1 Å². The van der Waals surface area contributed by atoms with E-state index in [9.17, 15) is 4.79 Å². The normalized spacial score (nSPS) is 21.4. The largest absolute Gasteiger partial charge is 0.354 e. The van der Waals surface area contributed by atoms with Crippen LogP contribution in [-0.2, 0) is 4.79 Å². The summed E-state index contributed by atoms with van der Waals surface area (Å²) in [5.74, 6) is 0.737. The van der Waals surface area contributed by atoms with Gasteiger partial charge in [0, 0.05) is 32.7 Å². The highest BCUT2D eigenvalue weighted by Gasteiger charge is 2.22. The van der Waals surface area contributed by atoms with E-state index in [1.54, 1.807) is 0 Å². The van der Waals surface area contributed by atoms with Gasteiger partial charge in [-0.1, -0.05) is 20.3 Å².